The Labute approximate surface area is 103 Å². The van der Waals surface area contributed by atoms with Crippen LogP contribution in [0.2, 0.25) is 0 Å². The summed E-state index contributed by atoms with van der Waals surface area (Å²) in [6, 6.07) is 8.46. The van der Waals surface area contributed by atoms with E-state index in [1.54, 1.807) is 0 Å². The van der Waals surface area contributed by atoms with E-state index in [2.05, 4.69) is 59.6 Å². The zero-order valence-electron chi connectivity index (χ0n) is 10.2. The van der Waals surface area contributed by atoms with E-state index in [1.807, 2.05) is 0 Å². The van der Waals surface area contributed by atoms with Gasteiger partial charge in [-0.2, -0.15) is 0 Å². The van der Waals surface area contributed by atoms with Crippen molar-refractivity contribution in [2.75, 3.05) is 13.1 Å². The maximum absolute atomic E-state index is 4.49. The Balaban J connectivity index is 1.72. The largest absolute Gasteiger partial charge is 0.377 e. The fraction of sp³-hybridized carbons (Fsp3) is 0.400. The van der Waals surface area contributed by atoms with E-state index in [9.17, 15) is 0 Å². The maximum Gasteiger partial charge on any atom is 0.0665 e. The van der Waals surface area contributed by atoms with Gasteiger partial charge in [-0.1, -0.05) is 31.2 Å². The van der Waals surface area contributed by atoms with E-state index in [0.717, 1.165) is 18.2 Å². The second kappa shape index (κ2) is 4.36. The summed E-state index contributed by atoms with van der Waals surface area (Å²) >= 11 is 0. The molecule has 1 unspecified atom stereocenters. The van der Waals surface area contributed by atoms with Crippen molar-refractivity contribution in [3.8, 4) is 0 Å². The average Bonchev–Trinajstić information content (AvgIpc) is 2.76. The lowest BCUT2D eigenvalue weighted by Gasteiger charge is -2.28. The molecule has 0 saturated heterocycles. The van der Waals surface area contributed by atoms with Gasteiger partial charge in [-0.25, -0.2) is 0 Å². The SMILES string of the molecule is C[C@H]1C=CN(CC2C=Nc3ccccc32)CC1. The highest BCUT2D eigenvalue weighted by Crippen LogP contribution is 2.32. The molecular formula is C15H18N2. The first-order valence-corrected chi connectivity index (χ1v) is 6.38. The van der Waals surface area contributed by atoms with Crippen LogP contribution in [0.3, 0.4) is 0 Å². The molecule has 2 heterocycles. The summed E-state index contributed by atoms with van der Waals surface area (Å²) in [4.78, 5) is 6.90. The number of fused-ring (bicyclic) bond motifs is 1. The van der Waals surface area contributed by atoms with Crippen LogP contribution in [0.1, 0.15) is 24.8 Å². The van der Waals surface area contributed by atoms with Crippen LogP contribution >= 0.6 is 0 Å². The van der Waals surface area contributed by atoms with Gasteiger partial charge < -0.3 is 4.90 Å². The Morgan fingerprint density at radius 1 is 1.35 bits per heavy atom. The van der Waals surface area contributed by atoms with Crippen molar-refractivity contribution in [1.82, 2.24) is 4.90 Å². The third kappa shape index (κ3) is 2.12. The molecule has 17 heavy (non-hydrogen) atoms. The van der Waals surface area contributed by atoms with Gasteiger partial charge in [0.15, 0.2) is 0 Å². The van der Waals surface area contributed by atoms with Gasteiger partial charge in [0.05, 0.1) is 5.69 Å². The van der Waals surface area contributed by atoms with Crippen molar-refractivity contribution in [1.29, 1.82) is 0 Å². The number of aliphatic imine (C=N–C) groups is 1. The molecule has 0 aliphatic carbocycles. The van der Waals surface area contributed by atoms with Gasteiger partial charge in [0.25, 0.3) is 0 Å². The van der Waals surface area contributed by atoms with E-state index in [1.165, 1.54) is 18.5 Å². The zero-order valence-corrected chi connectivity index (χ0v) is 10.2. The molecule has 2 nitrogen and oxygen atoms in total. The monoisotopic (exact) mass is 226 g/mol. The summed E-state index contributed by atoms with van der Waals surface area (Å²) in [5.74, 6) is 1.19. The lowest BCUT2D eigenvalue weighted by Crippen LogP contribution is -2.28. The fourth-order valence-corrected chi connectivity index (χ4v) is 2.53. The fourth-order valence-electron chi connectivity index (χ4n) is 2.53. The summed E-state index contributed by atoms with van der Waals surface area (Å²) in [5, 5.41) is 0. The van der Waals surface area contributed by atoms with Crippen molar-refractivity contribution in [3.63, 3.8) is 0 Å². The van der Waals surface area contributed by atoms with Gasteiger partial charge in [-0.05, 0) is 30.2 Å². The van der Waals surface area contributed by atoms with Gasteiger partial charge in [0, 0.05) is 25.2 Å². The smallest absolute Gasteiger partial charge is 0.0665 e. The molecule has 1 aromatic carbocycles. The first-order chi connectivity index (χ1) is 8.33. The van der Waals surface area contributed by atoms with Gasteiger partial charge in [0.1, 0.15) is 0 Å². The third-order valence-electron chi connectivity index (χ3n) is 3.66. The topological polar surface area (TPSA) is 15.6 Å². The highest BCUT2D eigenvalue weighted by molar-refractivity contribution is 5.80. The van der Waals surface area contributed by atoms with Crippen LogP contribution < -0.4 is 0 Å². The summed E-state index contributed by atoms with van der Waals surface area (Å²) in [5.41, 5.74) is 2.52. The number of hydrogen-bond donors (Lipinski definition) is 0. The van der Waals surface area contributed by atoms with Crippen molar-refractivity contribution in [2.45, 2.75) is 19.3 Å². The van der Waals surface area contributed by atoms with Crippen LogP contribution in [0.4, 0.5) is 5.69 Å². The molecular weight excluding hydrogens is 208 g/mol. The molecule has 0 bridgehead atoms. The van der Waals surface area contributed by atoms with Gasteiger partial charge >= 0.3 is 0 Å². The molecule has 88 valence electrons. The standard InChI is InChI=1S/C15H18N2/c1-12-6-8-17(9-7-12)11-13-10-16-15-5-3-2-4-14(13)15/h2-6,8,10,12-13H,7,9,11H2,1H3/t12-,13?/m0/s1. The molecule has 3 rings (SSSR count). The molecule has 1 aromatic rings. The summed E-state index contributed by atoms with van der Waals surface area (Å²) in [6.07, 6.45) is 7.92. The van der Waals surface area contributed by atoms with Crippen molar-refractivity contribution in [2.24, 2.45) is 10.9 Å². The molecule has 0 radical (unpaired) electrons. The van der Waals surface area contributed by atoms with E-state index in [4.69, 9.17) is 0 Å². The predicted molar refractivity (Wildman–Crippen MR) is 71.8 cm³/mol. The van der Waals surface area contributed by atoms with Crippen LogP contribution in [-0.4, -0.2) is 24.2 Å². The normalized spacial score (nSPS) is 26.3. The van der Waals surface area contributed by atoms with Crippen molar-refractivity contribution < 1.29 is 0 Å². The van der Waals surface area contributed by atoms with Crippen LogP contribution in [-0.2, 0) is 0 Å². The lowest BCUT2D eigenvalue weighted by atomic mass is 9.99. The first-order valence-electron chi connectivity index (χ1n) is 6.38. The molecule has 0 spiro atoms. The molecule has 2 heteroatoms. The molecule has 2 aliphatic rings. The minimum Gasteiger partial charge on any atom is -0.377 e. The summed E-state index contributed by atoms with van der Waals surface area (Å²) in [7, 11) is 0. The minimum absolute atomic E-state index is 0.462. The molecule has 2 aliphatic heterocycles. The Hall–Kier alpha value is -1.57. The average molecular weight is 226 g/mol. The molecule has 0 saturated carbocycles. The van der Waals surface area contributed by atoms with Crippen LogP contribution in [0.25, 0.3) is 0 Å². The van der Waals surface area contributed by atoms with E-state index < -0.39 is 0 Å². The number of benzene rings is 1. The number of hydrogen-bond acceptors (Lipinski definition) is 2. The Morgan fingerprint density at radius 2 is 2.24 bits per heavy atom. The van der Waals surface area contributed by atoms with Crippen LogP contribution in [0, 0.1) is 5.92 Å². The molecule has 0 fully saturated rings. The highest BCUT2D eigenvalue weighted by atomic mass is 15.1. The maximum atomic E-state index is 4.49. The zero-order chi connectivity index (χ0) is 11.7. The van der Waals surface area contributed by atoms with Crippen molar-refractivity contribution in [3.05, 3.63) is 42.1 Å². The molecule has 0 amide bonds. The lowest BCUT2D eigenvalue weighted by molar-refractivity contribution is 0.328. The van der Waals surface area contributed by atoms with Gasteiger partial charge in [0.2, 0.25) is 0 Å². The molecule has 2 atom stereocenters. The van der Waals surface area contributed by atoms with E-state index >= 15 is 0 Å². The number of rotatable bonds is 2. The van der Waals surface area contributed by atoms with E-state index in [-0.39, 0.29) is 0 Å². The molecule has 0 N–H and O–H groups in total. The Kier molecular flexibility index (Phi) is 2.71. The van der Waals surface area contributed by atoms with Crippen LogP contribution in [0.15, 0.2) is 41.5 Å². The quantitative estimate of drug-likeness (QED) is 0.755. The van der Waals surface area contributed by atoms with E-state index in [0.29, 0.717) is 5.92 Å². The van der Waals surface area contributed by atoms with Gasteiger partial charge in [-0.3, -0.25) is 4.99 Å². The summed E-state index contributed by atoms with van der Waals surface area (Å²) < 4.78 is 0. The Bertz CT molecular complexity index is 462. The van der Waals surface area contributed by atoms with Gasteiger partial charge in [-0.15, -0.1) is 0 Å². The number of allylic oxidation sites excluding steroid dienone is 1. The Morgan fingerprint density at radius 3 is 3.06 bits per heavy atom. The third-order valence-corrected chi connectivity index (χ3v) is 3.66. The molecule has 0 aromatic heterocycles. The highest BCUT2D eigenvalue weighted by Gasteiger charge is 2.21. The second-order valence-electron chi connectivity index (χ2n) is 5.05. The number of nitrogens with zero attached hydrogens (tertiary/aromatic N) is 2. The minimum atomic E-state index is 0.462. The second-order valence-corrected chi connectivity index (χ2v) is 5.05. The number of para-hydroxylation sites is 1. The summed E-state index contributed by atoms with van der Waals surface area (Å²) in [6.45, 7) is 4.51. The predicted octanol–water partition coefficient (Wildman–Crippen LogP) is 3.34. The van der Waals surface area contributed by atoms with Crippen LogP contribution in [0.5, 0.6) is 0 Å². The first kappa shape index (κ1) is 10.6. The van der Waals surface area contributed by atoms with Crippen molar-refractivity contribution >= 4 is 11.9 Å².